The zero-order valence-corrected chi connectivity index (χ0v) is 21.7. The van der Waals surface area contributed by atoms with Gasteiger partial charge in [0.05, 0.1) is 21.1 Å². The van der Waals surface area contributed by atoms with Gasteiger partial charge in [-0.15, -0.1) is 0 Å². The highest BCUT2D eigenvalue weighted by molar-refractivity contribution is 7.53. The normalized spacial score (nSPS) is 15.2. The molecule has 0 amide bonds. The van der Waals surface area contributed by atoms with Crippen LogP contribution in [-0.2, 0) is 4.57 Å². The predicted octanol–water partition coefficient (Wildman–Crippen LogP) is 6.54. The van der Waals surface area contributed by atoms with Gasteiger partial charge in [0, 0.05) is 0 Å². The minimum absolute atomic E-state index is 0.0533. The molecular weight excluding hydrogens is 409 g/mol. The van der Waals surface area contributed by atoms with Gasteiger partial charge >= 0.3 is 7.60 Å². The van der Waals surface area contributed by atoms with Gasteiger partial charge in [0.2, 0.25) is 5.34 Å². The van der Waals surface area contributed by atoms with Crippen LogP contribution in [0.4, 0.5) is 0 Å². The molecule has 0 saturated carbocycles. The number of nitrogens with zero attached hydrogens (tertiary/aromatic N) is 1. The average molecular weight is 461 g/mol. The Morgan fingerprint density at radius 3 is 1.52 bits per heavy atom. The number of rotatable bonds is 20. The van der Waals surface area contributed by atoms with Crippen molar-refractivity contribution in [1.29, 1.82) is 0 Å². The number of quaternary nitrogens is 1. The number of aliphatic hydroxyl groups is 1. The second-order valence-corrected chi connectivity index (χ2v) is 11.9. The van der Waals surface area contributed by atoms with Gasteiger partial charge in [-0.3, -0.25) is 4.57 Å². The molecular formula is C25H51NO4P+. The summed E-state index contributed by atoms with van der Waals surface area (Å²) >= 11 is 0. The molecule has 0 spiro atoms. The van der Waals surface area contributed by atoms with Crippen molar-refractivity contribution < 1.29 is 23.9 Å². The van der Waals surface area contributed by atoms with Crippen molar-refractivity contribution >= 4 is 7.60 Å². The Labute approximate surface area is 192 Å². The fraction of sp³-hybridized carbons (Fsp3) is 0.840. The van der Waals surface area contributed by atoms with Gasteiger partial charge in [0.1, 0.15) is 6.54 Å². The number of hydrogen-bond acceptors (Lipinski definition) is 2. The zero-order valence-electron chi connectivity index (χ0n) is 20.8. The summed E-state index contributed by atoms with van der Waals surface area (Å²) in [5.41, 5.74) is 0. The fourth-order valence-corrected chi connectivity index (χ4v) is 4.83. The van der Waals surface area contributed by atoms with Gasteiger partial charge in [-0.1, -0.05) is 69.8 Å². The highest BCUT2D eigenvalue weighted by atomic mass is 31.2. The summed E-state index contributed by atoms with van der Waals surface area (Å²) in [4.78, 5) is 19.2. The third-order valence-electron chi connectivity index (χ3n) is 5.52. The maximum Gasteiger partial charge on any atom is 0.362 e. The van der Waals surface area contributed by atoms with Crippen LogP contribution in [0.1, 0.15) is 103 Å². The van der Waals surface area contributed by atoms with Crippen molar-refractivity contribution in [2.75, 3.05) is 27.7 Å². The van der Waals surface area contributed by atoms with Crippen molar-refractivity contribution in [2.45, 2.75) is 109 Å². The van der Waals surface area contributed by atoms with E-state index in [1.54, 1.807) is 0 Å². The molecule has 31 heavy (non-hydrogen) atoms. The Hall–Kier alpha value is -0.450. The summed E-state index contributed by atoms with van der Waals surface area (Å²) in [7, 11) is 0.954. The quantitative estimate of drug-likeness (QED) is 0.0834. The summed E-state index contributed by atoms with van der Waals surface area (Å²) < 4.78 is 12.1. The van der Waals surface area contributed by atoms with E-state index >= 15 is 0 Å². The Balaban J connectivity index is 3.70. The van der Waals surface area contributed by atoms with Gasteiger partial charge < -0.3 is 19.4 Å². The summed E-state index contributed by atoms with van der Waals surface area (Å²) in [6, 6.07) is 0. The van der Waals surface area contributed by atoms with Crippen LogP contribution in [0.3, 0.4) is 0 Å². The summed E-state index contributed by atoms with van der Waals surface area (Å²) in [5, 5.41) is 8.61. The van der Waals surface area contributed by atoms with Crippen molar-refractivity contribution in [3.63, 3.8) is 0 Å². The first-order valence-corrected chi connectivity index (χ1v) is 14.0. The van der Waals surface area contributed by atoms with E-state index in [1.165, 1.54) is 51.4 Å². The van der Waals surface area contributed by atoms with Crippen LogP contribution in [0, 0.1) is 0 Å². The molecule has 6 heteroatoms. The third-order valence-corrected chi connectivity index (χ3v) is 6.97. The molecule has 184 valence electrons. The summed E-state index contributed by atoms with van der Waals surface area (Å²) in [5.74, 6) is 0. The molecule has 3 N–H and O–H groups in total. The number of likely N-dealkylation sites (N-methyl/N-ethyl adjacent to an activating group) is 1. The first-order chi connectivity index (χ1) is 14.5. The lowest BCUT2D eigenvalue weighted by Crippen LogP contribution is -2.49. The lowest BCUT2D eigenvalue weighted by atomic mass is 10.1. The molecule has 1 unspecified atom stereocenters. The van der Waals surface area contributed by atoms with Gasteiger partial charge in [-0.05, 0) is 57.8 Å². The van der Waals surface area contributed by atoms with Gasteiger partial charge in [-0.25, -0.2) is 0 Å². The Morgan fingerprint density at radius 1 is 0.710 bits per heavy atom. The standard InChI is InChI=1S/C25H50NO4P/c1-5-6-7-8-9-10-11-12-13-14-15-16-17-18-19-20-21-22-23-25(27,31(28,29)30)24-26(2,3)4/h8-9,15-16,27H,5-7,10-14,17-24H2,1-4H3,(H-,28,29,30)/p+1/b9-8-,16-15-. The molecule has 0 fully saturated rings. The van der Waals surface area contributed by atoms with E-state index in [0.717, 1.165) is 32.1 Å². The molecule has 5 nitrogen and oxygen atoms in total. The molecule has 0 aliphatic carbocycles. The molecule has 1 atom stereocenters. The van der Waals surface area contributed by atoms with E-state index in [-0.39, 0.29) is 13.0 Å². The van der Waals surface area contributed by atoms with Crippen LogP contribution in [0.25, 0.3) is 0 Å². The maximum atomic E-state index is 11.8. The van der Waals surface area contributed by atoms with Gasteiger partial charge in [-0.2, -0.15) is 0 Å². The Morgan fingerprint density at radius 2 is 1.10 bits per heavy atom. The number of hydrogen-bond donors (Lipinski definition) is 3. The molecule has 0 rings (SSSR count). The molecule has 0 saturated heterocycles. The van der Waals surface area contributed by atoms with E-state index in [1.807, 2.05) is 21.1 Å². The molecule has 0 aliphatic rings. The monoisotopic (exact) mass is 460 g/mol. The molecule has 0 aromatic carbocycles. The first-order valence-electron chi connectivity index (χ1n) is 12.4. The fourth-order valence-electron chi connectivity index (χ4n) is 3.77. The topological polar surface area (TPSA) is 77.8 Å². The van der Waals surface area contributed by atoms with E-state index < -0.39 is 12.9 Å². The minimum Gasteiger partial charge on any atom is -0.373 e. The molecule has 0 heterocycles. The van der Waals surface area contributed by atoms with Crippen molar-refractivity contribution in [3.8, 4) is 0 Å². The summed E-state index contributed by atoms with van der Waals surface area (Å²) in [6.07, 6.45) is 25.4. The second kappa shape index (κ2) is 17.1. The van der Waals surface area contributed by atoms with E-state index in [4.69, 9.17) is 0 Å². The van der Waals surface area contributed by atoms with Crippen LogP contribution in [0.2, 0.25) is 0 Å². The molecule has 0 aromatic rings. The summed E-state index contributed by atoms with van der Waals surface area (Å²) in [6.45, 7) is 2.28. The van der Waals surface area contributed by atoms with Crippen molar-refractivity contribution in [1.82, 2.24) is 0 Å². The number of unbranched alkanes of at least 4 members (excludes halogenated alkanes) is 11. The molecule has 0 aliphatic heterocycles. The average Bonchev–Trinajstić information content (AvgIpc) is 2.65. The lowest BCUT2D eigenvalue weighted by molar-refractivity contribution is -0.875. The largest absolute Gasteiger partial charge is 0.373 e. The first kappa shape index (κ1) is 30.6. The zero-order chi connectivity index (χ0) is 23.6. The molecule has 0 bridgehead atoms. The van der Waals surface area contributed by atoms with Crippen LogP contribution in [-0.4, -0.2) is 52.4 Å². The Bertz CT molecular complexity index is 536. The third kappa shape index (κ3) is 17.7. The molecule has 0 aromatic heterocycles. The highest BCUT2D eigenvalue weighted by Gasteiger charge is 2.48. The maximum absolute atomic E-state index is 11.8. The van der Waals surface area contributed by atoms with Crippen LogP contribution < -0.4 is 0 Å². The minimum atomic E-state index is -4.55. The molecule has 0 radical (unpaired) electrons. The second-order valence-electron chi connectivity index (χ2n) is 10.0. The van der Waals surface area contributed by atoms with E-state index in [9.17, 15) is 19.5 Å². The smallest absolute Gasteiger partial charge is 0.362 e. The van der Waals surface area contributed by atoms with Crippen molar-refractivity contribution in [3.05, 3.63) is 24.3 Å². The Kier molecular flexibility index (Phi) is 16.8. The van der Waals surface area contributed by atoms with Crippen LogP contribution in [0.15, 0.2) is 24.3 Å². The number of allylic oxidation sites excluding steroid dienone is 4. The van der Waals surface area contributed by atoms with Crippen LogP contribution in [0.5, 0.6) is 0 Å². The van der Waals surface area contributed by atoms with Crippen molar-refractivity contribution in [2.24, 2.45) is 0 Å². The highest BCUT2D eigenvalue weighted by Crippen LogP contribution is 2.52. The van der Waals surface area contributed by atoms with E-state index in [2.05, 4.69) is 31.2 Å². The van der Waals surface area contributed by atoms with Gasteiger partial charge in [0.15, 0.2) is 0 Å². The lowest BCUT2D eigenvalue weighted by Gasteiger charge is -2.35. The SMILES string of the molecule is CCCC/C=C\CCCCC/C=C\CCCCCCCC(O)(C[N+](C)(C)C)P(=O)(O)O. The van der Waals surface area contributed by atoms with Gasteiger partial charge in [0.25, 0.3) is 0 Å². The van der Waals surface area contributed by atoms with E-state index in [0.29, 0.717) is 10.9 Å². The predicted molar refractivity (Wildman–Crippen MR) is 133 cm³/mol. The van der Waals surface area contributed by atoms with Crippen LogP contribution >= 0.6 is 7.60 Å².